The average molecular weight is 209 g/mol. The van der Waals surface area contributed by atoms with Crippen molar-refractivity contribution < 1.29 is 4.79 Å². The first-order valence-corrected chi connectivity index (χ1v) is 5.23. The number of imidazole rings is 1. The zero-order valence-corrected chi connectivity index (χ0v) is 9.87. The van der Waals surface area contributed by atoms with E-state index in [2.05, 4.69) is 10.3 Å². The molecular formula is C11H19N3O. The number of hydrogen-bond acceptors (Lipinski definition) is 3. The molecule has 0 atom stereocenters. The molecule has 0 saturated carbocycles. The van der Waals surface area contributed by atoms with Crippen molar-refractivity contribution in [2.75, 3.05) is 7.05 Å². The molecule has 1 rings (SSSR count). The summed E-state index contributed by atoms with van der Waals surface area (Å²) in [6, 6.07) is 0. The van der Waals surface area contributed by atoms with Crippen LogP contribution in [0.15, 0.2) is 12.4 Å². The van der Waals surface area contributed by atoms with Crippen molar-refractivity contribution in [2.24, 2.45) is 0 Å². The number of aryl methyl sites for hydroxylation is 1. The Morgan fingerprint density at radius 1 is 1.60 bits per heavy atom. The second kappa shape index (κ2) is 4.57. The van der Waals surface area contributed by atoms with Crippen LogP contribution in [0.25, 0.3) is 0 Å². The number of likely N-dealkylation sites (N-methyl/N-ethyl adjacent to an activating group) is 1. The predicted octanol–water partition coefficient (Wildman–Crippen LogP) is 1.01. The van der Waals surface area contributed by atoms with E-state index >= 15 is 0 Å². The summed E-state index contributed by atoms with van der Waals surface area (Å²) in [6.45, 7) is 6.66. The van der Waals surface area contributed by atoms with Gasteiger partial charge in [0.1, 0.15) is 5.82 Å². The van der Waals surface area contributed by atoms with Gasteiger partial charge in [-0.25, -0.2) is 4.98 Å². The molecule has 0 aliphatic rings. The molecule has 1 heterocycles. The van der Waals surface area contributed by atoms with E-state index in [4.69, 9.17) is 0 Å². The fraction of sp³-hybridized carbons (Fsp3) is 0.636. The number of nitrogens with zero attached hydrogens (tertiary/aromatic N) is 2. The highest BCUT2D eigenvalue weighted by Gasteiger charge is 2.25. The molecule has 0 radical (unpaired) electrons. The van der Waals surface area contributed by atoms with E-state index in [9.17, 15) is 4.79 Å². The predicted molar refractivity (Wildman–Crippen MR) is 59.8 cm³/mol. The molecule has 1 aromatic rings. The molecule has 0 saturated heterocycles. The van der Waals surface area contributed by atoms with E-state index in [1.165, 1.54) is 0 Å². The van der Waals surface area contributed by atoms with Crippen LogP contribution in [-0.4, -0.2) is 27.9 Å². The van der Waals surface area contributed by atoms with E-state index in [-0.39, 0.29) is 5.78 Å². The van der Waals surface area contributed by atoms with Gasteiger partial charge >= 0.3 is 0 Å². The van der Waals surface area contributed by atoms with Crippen LogP contribution in [0.4, 0.5) is 0 Å². The van der Waals surface area contributed by atoms with Crippen molar-refractivity contribution in [1.29, 1.82) is 0 Å². The minimum absolute atomic E-state index is 0.158. The van der Waals surface area contributed by atoms with Crippen molar-refractivity contribution in [1.82, 2.24) is 14.9 Å². The molecule has 4 heteroatoms. The summed E-state index contributed by atoms with van der Waals surface area (Å²) < 4.78 is 1.99. The number of carbonyl (C=O) groups excluding carboxylic acids is 1. The van der Waals surface area contributed by atoms with Crippen molar-refractivity contribution >= 4 is 5.78 Å². The van der Waals surface area contributed by atoms with Gasteiger partial charge < -0.3 is 9.88 Å². The summed E-state index contributed by atoms with van der Waals surface area (Å²) in [6.07, 6.45) is 4.02. The van der Waals surface area contributed by atoms with E-state index < -0.39 is 5.54 Å². The first kappa shape index (κ1) is 11.9. The number of rotatable bonds is 5. The Kier molecular flexibility index (Phi) is 3.63. The van der Waals surface area contributed by atoms with Gasteiger partial charge in [-0.2, -0.15) is 0 Å². The van der Waals surface area contributed by atoms with Gasteiger partial charge in [0.2, 0.25) is 0 Å². The average Bonchev–Trinajstić information content (AvgIpc) is 2.65. The Morgan fingerprint density at radius 3 is 2.80 bits per heavy atom. The maximum Gasteiger partial charge on any atom is 0.159 e. The maximum atomic E-state index is 11.9. The summed E-state index contributed by atoms with van der Waals surface area (Å²) in [4.78, 5) is 16.1. The fourth-order valence-corrected chi connectivity index (χ4v) is 1.30. The molecule has 0 fully saturated rings. The molecule has 0 aromatic carbocycles. The van der Waals surface area contributed by atoms with Crippen LogP contribution in [0.2, 0.25) is 0 Å². The van der Waals surface area contributed by atoms with Crippen LogP contribution in [-0.2, 0) is 17.8 Å². The lowest BCUT2D eigenvalue weighted by Gasteiger charge is -2.22. The molecule has 1 aromatic heterocycles. The van der Waals surface area contributed by atoms with Crippen molar-refractivity contribution in [3.05, 3.63) is 18.2 Å². The fourth-order valence-electron chi connectivity index (χ4n) is 1.30. The minimum Gasteiger partial charge on any atom is -0.335 e. The van der Waals surface area contributed by atoms with Gasteiger partial charge in [-0.3, -0.25) is 4.79 Å². The van der Waals surface area contributed by atoms with Crippen LogP contribution >= 0.6 is 0 Å². The van der Waals surface area contributed by atoms with Gasteiger partial charge in [-0.05, 0) is 27.8 Å². The zero-order valence-electron chi connectivity index (χ0n) is 9.87. The summed E-state index contributed by atoms with van der Waals surface area (Å²) in [7, 11) is 1.80. The van der Waals surface area contributed by atoms with Gasteiger partial charge in [0.25, 0.3) is 0 Å². The van der Waals surface area contributed by atoms with Gasteiger partial charge in [-0.1, -0.05) is 0 Å². The van der Waals surface area contributed by atoms with Crippen molar-refractivity contribution in [3.8, 4) is 0 Å². The molecule has 0 spiro atoms. The first-order chi connectivity index (χ1) is 7.01. The molecule has 84 valence electrons. The molecule has 0 aliphatic heterocycles. The highest BCUT2D eigenvalue weighted by Crippen LogP contribution is 2.08. The second-order valence-corrected chi connectivity index (χ2v) is 4.10. The molecule has 0 bridgehead atoms. The summed E-state index contributed by atoms with van der Waals surface area (Å²) in [5.74, 6) is 0.997. The van der Waals surface area contributed by atoms with Crippen LogP contribution in [0, 0.1) is 0 Å². The highest BCUT2D eigenvalue weighted by molar-refractivity contribution is 5.88. The number of carbonyl (C=O) groups is 1. The monoisotopic (exact) mass is 209 g/mol. The van der Waals surface area contributed by atoms with E-state index in [0.717, 1.165) is 12.4 Å². The van der Waals surface area contributed by atoms with Gasteiger partial charge in [-0.15, -0.1) is 0 Å². The Hall–Kier alpha value is -1.16. The number of hydrogen-bond donors (Lipinski definition) is 1. The van der Waals surface area contributed by atoms with Crippen LogP contribution in [0.1, 0.15) is 26.6 Å². The smallest absolute Gasteiger partial charge is 0.159 e. The quantitative estimate of drug-likeness (QED) is 0.787. The summed E-state index contributed by atoms with van der Waals surface area (Å²) in [5, 5.41) is 3.00. The summed E-state index contributed by atoms with van der Waals surface area (Å²) >= 11 is 0. The summed E-state index contributed by atoms with van der Waals surface area (Å²) in [5.41, 5.74) is -0.482. The molecule has 4 nitrogen and oxygen atoms in total. The lowest BCUT2D eigenvalue weighted by molar-refractivity contribution is -0.123. The number of aromatic nitrogens is 2. The molecule has 15 heavy (non-hydrogen) atoms. The molecule has 0 aliphatic carbocycles. The lowest BCUT2D eigenvalue weighted by Crippen LogP contribution is -2.45. The Balaban J connectivity index is 2.74. The number of Topliss-reactive ketones (excluding diaryl/α,β-unsaturated/α-hetero) is 1. The standard InChI is InChI=1S/C11H19N3O/c1-5-14-7-6-13-10(14)8-9(15)11(2,3)12-4/h6-7,12H,5,8H2,1-4H3. The largest absolute Gasteiger partial charge is 0.335 e. The van der Waals surface area contributed by atoms with Crippen LogP contribution in [0.5, 0.6) is 0 Å². The van der Waals surface area contributed by atoms with Gasteiger partial charge in [0, 0.05) is 18.9 Å². The SMILES string of the molecule is CCn1ccnc1CC(=O)C(C)(C)NC. The number of ketones is 1. The Morgan fingerprint density at radius 2 is 2.27 bits per heavy atom. The number of nitrogens with one attached hydrogen (secondary N) is 1. The minimum atomic E-state index is -0.482. The topological polar surface area (TPSA) is 46.9 Å². The molecule has 0 amide bonds. The third kappa shape index (κ3) is 2.65. The molecule has 0 unspecified atom stereocenters. The third-order valence-electron chi connectivity index (χ3n) is 2.78. The normalized spacial score (nSPS) is 11.7. The first-order valence-electron chi connectivity index (χ1n) is 5.23. The highest BCUT2D eigenvalue weighted by atomic mass is 16.1. The van der Waals surface area contributed by atoms with Crippen LogP contribution < -0.4 is 5.32 Å². The lowest BCUT2D eigenvalue weighted by atomic mass is 9.97. The van der Waals surface area contributed by atoms with Crippen molar-refractivity contribution in [3.63, 3.8) is 0 Å². The van der Waals surface area contributed by atoms with E-state index in [1.807, 2.05) is 31.5 Å². The molecular weight excluding hydrogens is 190 g/mol. The molecule has 1 N–H and O–H groups in total. The van der Waals surface area contributed by atoms with Crippen molar-refractivity contribution in [2.45, 2.75) is 39.3 Å². The second-order valence-electron chi connectivity index (χ2n) is 4.10. The van der Waals surface area contributed by atoms with E-state index in [1.54, 1.807) is 13.2 Å². The van der Waals surface area contributed by atoms with E-state index in [0.29, 0.717) is 6.42 Å². The van der Waals surface area contributed by atoms with Gasteiger partial charge in [0.05, 0.1) is 12.0 Å². The van der Waals surface area contributed by atoms with Gasteiger partial charge in [0.15, 0.2) is 5.78 Å². The Labute approximate surface area is 90.7 Å². The maximum absolute atomic E-state index is 11.9. The zero-order chi connectivity index (χ0) is 11.5. The Bertz CT molecular complexity index is 341. The third-order valence-corrected chi connectivity index (χ3v) is 2.78. The van der Waals surface area contributed by atoms with Crippen LogP contribution in [0.3, 0.4) is 0 Å².